The van der Waals surface area contributed by atoms with Crippen molar-refractivity contribution >= 4 is 43.8 Å². The summed E-state index contributed by atoms with van der Waals surface area (Å²) in [6.07, 6.45) is -2.06. The summed E-state index contributed by atoms with van der Waals surface area (Å²) in [4.78, 5) is 22.7. The Morgan fingerprint density at radius 2 is 1.04 bits per heavy atom. The molecule has 266 valence electrons. The highest BCUT2D eigenvalue weighted by molar-refractivity contribution is 9.10. The minimum atomic E-state index is -1.11. The molecule has 4 rings (SSSR count). The molecule has 0 aromatic heterocycles. The standard InChI is InChI=1S/C38H42Br2N2O8/c1-21-27(19-49-33-13-11-25(15-31(33)39)17-41-35(23(3)43)37(45)46)7-5-9-29(21)30-10-6-8-28(22(30)2)20-50-34-14-12-26(16-32(34)40)18-42-36(24(4)44)38(47)48/h5-16,23-24,35-36,41-44H,17-20H2,1-4H3,(H,45,46)(H,47,48)/t23-,24-,35+,36+/m0/s1. The Labute approximate surface area is 308 Å². The first-order valence-electron chi connectivity index (χ1n) is 16.0. The van der Waals surface area contributed by atoms with E-state index in [0.717, 1.165) is 53.5 Å². The molecular weight excluding hydrogens is 772 g/mol. The molecule has 0 heterocycles. The van der Waals surface area contributed by atoms with Crippen molar-refractivity contribution in [1.29, 1.82) is 0 Å². The van der Waals surface area contributed by atoms with Crippen LogP contribution >= 0.6 is 31.9 Å². The number of aliphatic hydroxyl groups excluding tert-OH is 2. The first kappa shape index (κ1) is 39.0. The van der Waals surface area contributed by atoms with Crippen molar-refractivity contribution in [1.82, 2.24) is 10.6 Å². The van der Waals surface area contributed by atoms with Gasteiger partial charge in [0.15, 0.2) is 0 Å². The molecule has 0 aliphatic heterocycles. The Morgan fingerprint density at radius 1 is 0.660 bits per heavy atom. The maximum absolute atomic E-state index is 11.4. The lowest BCUT2D eigenvalue weighted by atomic mass is 9.92. The smallest absolute Gasteiger partial charge is 0.323 e. The highest BCUT2D eigenvalue weighted by atomic mass is 79.9. The lowest BCUT2D eigenvalue weighted by molar-refractivity contribution is -0.143. The van der Waals surface area contributed by atoms with Crippen LogP contribution < -0.4 is 20.1 Å². The van der Waals surface area contributed by atoms with Gasteiger partial charge < -0.3 is 29.9 Å². The Bertz CT molecular complexity index is 1680. The van der Waals surface area contributed by atoms with E-state index in [1.165, 1.54) is 13.8 Å². The van der Waals surface area contributed by atoms with Crippen LogP contribution in [0.5, 0.6) is 11.5 Å². The monoisotopic (exact) mass is 812 g/mol. The molecule has 0 amide bonds. The summed E-state index contributed by atoms with van der Waals surface area (Å²) >= 11 is 7.14. The molecule has 12 heteroatoms. The summed E-state index contributed by atoms with van der Waals surface area (Å²) in [7, 11) is 0. The van der Waals surface area contributed by atoms with Gasteiger partial charge >= 0.3 is 11.9 Å². The van der Waals surface area contributed by atoms with Gasteiger partial charge in [0.25, 0.3) is 0 Å². The number of nitrogens with one attached hydrogen (secondary N) is 2. The van der Waals surface area contributed by atoms with E-state index in [1.807, 2.05) is 60.7 Å². The number of ether oxygens (including phenoxy) is 2. The molecular formula is C38H42Br2N2O8. The number of aliphatic carboxylic acids is 2. The fourth-order valence-corrected chi connectivity index (χ4v) is 6.58. The number of hydrogen-bond donors (Lipinski definition) is 6. The van der Waals surface area contributed by atoms with Crippen LogP contribution in [0.4, 0.5) is 0 Å². The number of rotatable bonds is 17. The van der Waals surface area contributed by atoms with Gasteiger partial charge in [-0.3, -0.25) is 20.2 Å². The Balaban J connectivity index is 1.41. The van der Waals surface area contributed by atoms with Gasteiger partial charge in [-0.15, -0.1) is 0 Å². The van der Waals surface area contributed by atoms with Crippen molar-refractivity contribution in [3.05, 3.63) is 115 Å². The molecule has 0 fully saturated rings. The van der Waals surface area contributed by atoms with Crippen LogP contribution in [0.3, 0.4) is 0 Å². The number of aliphatic hydroxyl groups is 2. The van der Waals surface area contributed by atoms with Crippen molar-refractivity contribution in [2.75, 3.05) is 0 Å². The lowest BCUT2D eigenvalue weighted by Crippen LogP contribution is -2.44. The lowest BCUT2D eigenvalue weighted by Gasteiger charge is -2.18. The van der Waals surface area contributed by atoms with E-state index in [2.05, 4.69) is 68.5 Å². The quantitative estimate of drug-likeness (QED) is 0.0696. The zero-order valence-corrected chi connectivity index (χ0v) is 31.4. The molecule has 6 N–H and O–H groups in total. The highest BCUT2D eigenvalue weighted by Crippen LogP contribution is 2.33. The van der Waals surface area contributed by atoms with Gasteiger partial charge in [-0.25, -0.2) is 0 Å². The van der Waals surface area contributed by atoms with Gasteiger partial charge in [0.2, 0.25) is 0 Å². The van der Waals surface area contributed by atoms with E-state index >= 15 is 0 Å². The number of carbonyl (C=O) groups is 2. The van der Waals surface area contributed by atoms with Crippen molar-refractivity contribution < 1.29 is 39.5 Å². The second-order valence-electron chi connectivity index (χ2n) is 12.2. The van der Waals surface area contributed by atoms with Crippen LogP contribution in [0.1, 0.15) is 47.2 Å². The summed E-state index contributed by atoms with van der Waals surface area (Å²) in [5.74, 6) is -0.916. The third-order valence-corrected chi connectivity index (χ3v) is 9.73. The molecule has 0 unspecified atom stereocenters. The molecule has 0 bridgehead atoms. The third kappa shape index (κ3) is 10.1. The maximum atomic E-state index is 11.4. The van der Waals surface area contributed by atoms with Crippen molar-refractivity contribution in [3.63, 3.8) is 0 Å². The molecule has 4 aromatic carbocycles. The second-order valence-corrected chi connectivity index (χ2v) is 13.9. The summed E-state index contributed by atoms with van der Waals surface area (Å²) in [6.45, 7) is 8.27. The number of halogens is 2. The first-order chi connectivity index (χ1) is 23.8. The topological polar surface area (TPSA) is 158 Å². The molecule has 0 aliphatic carbocycles. The molecule has 50 heavy (non-hydrogen) atoms. The Hall–Kier alpha value is -3.78. The van der Waals surface area contributed by atoms with E-state index in [1.54, 1.807) is 0 Å². The molecule has 0 saturated heterocycles. The SMILES string of the molecule is Cc1c(COc2ccc(CN[C@@H](C(=O)O)[C@H](C)O)cc2Br)cccc1-c1cccc(COc2ccc(CN[C@@H](C(=O)O)[C@H](C)O)cc2Br)c1C. The molecule has 4 aromatic rings. The molecule has 0 radical (unpaired) electrons. The fraction of sp³-hybridized carbons (Fsp3) is 0.316. The predicted molar refractivity (Wildman–Crippen MR) is 198 cm³/mol. The van der Waals surface area contributed by atoms with E-state index in [4.69, 9.17) is 9.47 Å². The summed E-state index contributed by atoms with van der Waals surface area (Å²) in [6, 6.07) is 21.3. The van der Waals surface area contributed by atoms with Gasteiger partial charge in [-0.2, -0.15) is 0 Å². The number of carboxylic acid groups (broad SMARTS) is 2. The predicted octanol–water partition coefficient (Wildman–Crippen LogP) is 6.50. The second kappa shape index (κ2) is 17.9. The zero-order valence-electron chi connectivity index (χ0n) is 28.2. The first-order valence-corrected chi connectivity index (χ1v) is 17.6. The molecule has 0 spiro atoms. The van der Waals surface area contributed by atoms with Crippen LogP contribution in [0.2, 0.25) is 0 Å². The van der Waals surface area contributed by atoms with E-state index < -0.39 is 36.2 Å². The van der Waals surface area contributed by atoms with Gasteiger partial charge in [-0.1, -0.05) is 48.5 Å². The van der Waals surface area contributed by atoms with Gasteiger partial charge in [0.1, 0.15) is 36.8 Å². The molecule has 10 nitrogen and oxygen atoms in total. The normalized spacial score (nSPS) is 13.7. The molecule has 0 saturated carbocycles. The van der Waals surface area contributed by atoms with Crippen LogP contribution in [-0.2, 0) is 35.9 Å². The van der Waals surface area contributed by atoms with Crippen LogP contribution in [-0.4, -0.2) is 56.7 Å². The number of hydrogen-bond acceptors (Lipinski definition) is 8. The van der Waals surface area contributed by atoms with Crippen molar-refractivity contribution in [2.24, 2.45) is 0 Å². The summed E-state index contributed by atoms with van der Waals surface area (Å²) in [5.41, 5.74) is 8.11. The van der Waals surface area contributed by atoms with Crippen molar-refractivity contribution in [2.45, 2.75) is 78.3 Å². The Kier molecular flexibility index (Phi) is 14.0. The average Bonchev–Trinajstić information content (AvgIpc) is 3.05. The number of benzene rings is 4. The third-order valence-electron chi connectivity index (χ3n) is 8.49. The summed E-state index contributed by atoms with van der Waals surface area (Å²) in [5, 5.41) is 43.8. The zero-order chi connectivity index (χ0) is 36.5. The van der Waals surface area contributed by atoms with Crippen molar-refractivity contribution in [3.8, 4) is 22.6 Å². The fourth-order valence-electron chi connectivity index (χ4n) is 5.50. The van der Waals surface area contributed by atoms with E-state index in [-0.39, 0.29) is 13.1 Å². The van der Waals surface area contributed by atoms with Gasteiger partial charge in [0.05, 0.1) is 21.2 Å². The van der Waals surface area contributed by atoms with E-state index in [9.17, 15) is 30.0 Å². The number of carboxylic acids is 2. The van der Waals surface area contributed by atoms with Gasteiger partial charge in [0, 0.05) is 13.1 Å². The largest absolute Gasteiger partial charge is 0.488 e. The molecule has 0 aliphatic rings. The minimum Gasteiger partial charge on any atom is -0.488 e. The summed E-state index contributed by atoms with van der Waals surface area (Å²) < 4.78 is 13.9. The molecule has 4 atom stereocenters. The Morgan fingerprint density at radius 3 is 1.36 bits per heavy atom. The van der Waals surface area contributed by atoms with Crippen LogP contribution in [0, 0.1) is 13.8 Å². The van der Waals surface area contributed by atoms with E-state index in [0.29, 0.717) is 24.7 Å². The maximum Gasteiger partial charge on any atom is 0.323 e. The highest BCUT2D eigenvalue weighted by Gasteiger charge is 2.23. The van der Waals surface area contributed by atoms with Gasteiger partial charge in [-0.05, 0) is 128 Å². The van der Waals surface area contributed by atoms with Crippen LogP contribution in [0.15, 0.2) is 81.7 Å². The van der Waals surface area contributed by atoms with Crippen LogP contribution in [0.25, 0.3) is 11.1 Å². The average molecular weight is 815 g/mol. The minimum absolute atomic E-state index is 0.273.